The van der Waals surface area contributed by atoms with Crippen LogP contribution in [0.2, 0.25) is 0 Å². The topological polar surface area (TPSA) is 0 Å². The van der Waals surface area contributed by atoms with Crippen LogP contribution in [0.25, 0.3) is 0 Å². The maximum absolute atomic E-state index is 3.80. The molecule has 0 radical (unpaired) electrons. The number of allylic oxidation sites excluding steroid dienone is 2. The first-order valence-electron chi connectivity index (χ1n) is 4.61. The zero-order valence-electron chi connectivity index (χ0n) is 8.85. The molecule has 0 saturated heterocycles. The summed E-state index contributed by atoms with van der Waals surface area (Å²) in [5.74, 6) is 0. The Labute approximate surface area is 95.6 Å². The van der Waals surface area contributed by atoms with Gasteiger partial charge < -0.3 is 0 Å². The van der Waals surface area contributed by atoms with Crippen LogP contribution in [0.3, 0.4) is 0 Å². The van der Waals surface area contributed by atoms with E-state index < -0.39 is 0 Å². The summed E-state index contributed by atoms with van der Waals surface area (Å²) in [5.41, 5.74) is 0. The summed E-state index contributed by atoms with van der Waals surface area (Å²) in [6, 6.07) is 0. The van der Waals surface area contributed by atoms with Gasteiger partial charge in [-0.15, -0.1) is 13.2 Å². The van der Waals surface area contributed by atoms with Crippen molar-refractivity contribution in [2.45, 2.75) is 24.3 Å². The first-order chi connectivity index (χ1) is 6.78. The van der Waals surface area contributed by atoms with Crippen LogP contribution in [0.5, 0.6) is 0 Å². The quantitative estimate of drug-likeness (QED) is 0.458. The Morgan fingerprint density at radius 2 is 1.21 bits per heavy atom. The van der Waals surface area contributed by atoms with Gasteiger partial charge in [-0.2, -0.15) is 0 Å². The predicted octanol–water partition coefficient (Wildman–Crippen LogP) is 4.63. The molecule has 0 rings (SSSR count). The molecule has 0 aromatic heterocycles. The summed E-state index contributed by atoms with van der Waals surface area (Å²) in [5, 5.41) is 0.774. The average Bonchev–Trinajstić information content (AvgIpc) is 2.22. The number of hydrogen-bond donors (Lipinski definition) is 0. The standard InChI is InChI=1S/C12H18S2/c1-5-9-11(7-3)13-14-12(8-4)10-6-2/h5-12H,3-4H2,1-2H3. The summed E-state index contributed by atoms with van der Waals surface area (Å²) in [7, 11) is 3.62. The Balaban J connectivity index is 3.98. The van der Waals surface area contributed by atoms with Crippen molar-refractivity contribution in [1.82, 2.24) is 0 Å². The van der Waals surface area contributed by atoms with E-state index in [1.54, 1.807) is 0 Å². The molecule has 0 nitrogen and oxygen atoms in total. The van der Waals surface area contributed by atoms with Gasteiger partial charge >= 0.3 is 0 Å². The van der Waals surface area contributed by atoms with E-state index in [1.165, 1.54) is 0 Å². The van der Waals surface area contributed by atoms with E-state index in [2.05, 4.69) is 37.5 Å². The Bertz CT molecular complexity index is 192. The Morgan fingerprint density at radius 3 is 1.43 bits per heavy atom. The van der Waals surface area contributed by atoms with Gasteiger partial charge in [0, 0.05) is 0 Å². The Hall–Kier alpha value is -0.340. The molecule has 14 heavy (non-hydrogen) atoms. The lowest BCUT2D eigenvalue weighted by Crippen LogP contribution is -1.94. The van der Waals surface area contributed by atoms with Crippen molar-refractivity contribution < 1.29 is 0 Å². The van der Waals surface area contributed by atoms with E-state index in [-0.39, 0.29) is 0 Å². The monoisotopic (exact) mass is 226 g/mol. The summed E-state index contributed by atoms with van der Waals surface area (Å²) in [4.78, 5) is 0. The molecule has 0 aliphatic carbocycles. The van der Waals surface area contributed by atoms with Crippen molar-refractivity contribution in [1.29, 1.82) is 0 Å². The molecule has 0 aliphatic rings. The summed E-state index contributed by atoms with van der Waals surface area (Å²) in [6.45, 7) is 11.7. The highest BCUT2D eigenvalue weighted by atomic mass is 33.1. The number of rotatable bonds is 7. The van der Waals surface area contributed by atoms with Crippen LogP contribution in [0.1, 0.15) is 13.8 Å². The van der Waals surface area contributed by atoms with E-state index >= 15 is 0 Å². The van der Waals surface area contributed by atoms with Crippen LogP contribution in [0.4, 0.5) is 0 Å². The number of hydrogen-bond acceptors (Lipinski definition) is 2. The molecule has 0 spiro atoms. The minimum absolute atomic E-state index is 0.387. The zero-order valence-corrected chi connectivity index (χ0v) is 10.5. The SMILES string of the molecule is C=CC(C=CC)SSC(C=C)C=CC. The predicted molar refractivity (Wildman–Crippen MR) is 72.8 cm³/mol. The van der Waals surface area contributed by atoms with Crippen molar-refractivity contribution in [3.05, 3.63) is 49.6 Å². The Morgan fingerprint density at radius 1 is 0.857 bits per heavy atom. The van der Waals surface area contributed by atoms with E-state index in [1.807, 2.05) is 47.6 Å². The molecule has 78 valence electrons. The van der Waals surface area contributed by atoms with Crippen LogP contribution >= 0.6 is 21.6 Å². The molecule has 0 N–H and O–H groups in total. The summed E-state index contributed by atoms with van der Waals surface area (Å²) >= 11 is 0. The van der Waals surface area contributed by atoms with Crippen LogP contribution in [-0.4, -0.2) is 10.5 Å². The van der Waals surface area contributed by atoms with E-state index in [0.717, 1.165) is 0 Å². The first kappa shape index (κ1) is 13.7. The van der Waals surface area contributed by atoms with Crippen LogP contribution in [-0.2, 0) is 0 Å². The van der Waals surface area contributed by atoms with Crippen LogP contribution in [0.15, 0.2) is 49.6 Å². The van der Waals surface area contributed by atoms with Gasteiger partial charge in [0.05, 0.1) is 10.5 Å². The van der Waals surface area contributed by atoms with Gasteiger partial charge in [-0.3, -0.25) is 0 Å². The second kappa shape index (κ2) is 9.22. The highest BCUT2D eigenvalue weighted by Crippen LogP contribution is 2.33. The maximum atomic E-state index is 3.80. The van der Waals surface area contributed by atoms with Crippen LogP contribution in [0, 0.1) is 0 Å². The molecule has 2 heteroatoms. The summed E-state index contributed by atoms with van der Waals surface area (Å²) < 4.78 is 0. The fraction of sp³-hybridized carbons (Fsp3) is 0.333. The molecule has 0 aliphatic heterocycles. The van der Waals surface area contributed by atoms with Crippen molar-refractivity contribution in [3.63, 3.8) is 0 Å². The molecular formula is C12H18S2. The van der Waals surface area contributed by atoms with Gasteiger partial charge in [-0.05, 0) is 13.8 Å². The third-order valence-corrected chi connectivity index (χ3v) is 4.43. The lowest BCUT2D eigenvalue weighted by Gasteiger charge is -2.09. The minimum Gasteiger partial charge on any atom is -0.102 e. The first-order valence-corrected chi connectivity index (χ1v) is 6.89. The second-order valence-corrected chi connectivity index (χ2v) is 5.27. The van der Waals surface area contributed by atoms with Crippen molar-refractivity contribution in [2.75, 3.05) is 0 Å². The van der Waals surface area contributed by atoms with Gasteiger partial charge in [0.25, 0.3) is 0 Å². The smallest absolute Gasteiger partial charge is 0.0509 e. The molecular weight excluding hydrogens is 208 g/mol. The zero-order chi connectivity index (χ0) is 10.8. The molecule has 0 aromatic carbocycles. The van der Waals surface area contributed by atoms with Gasteiger partial charge in [-0.25, -0.2) is 0 Å². The molecule has 0 fully saturated rings. The van der Waals surface area contributed by atoms with E-state index in [4.69, 9.17) is 0 Å². The van der Waals surface area contributed by atoms with Crippen molar-refractivity contribution in [2.24, 2.45) is 0 Å². The van der Waals surface area contributed by atoms with Crippen LogP contribution < -0.4 is 0 Å². The minimum atomic E-state index is 0.387. The molecule has 0 saturated carbocycles. The van der Waals surface area contributed by atoms with E-state index in [9.17, 15) is 0 Å². The third-order valence-electron chi connectivity index (χ3n) is 1.51. The second-order valence-electron chi connectivity index (χ2n) is 2.64. The molecule has 0 bridgehead atoms. The lowest BCUT2D eigenvalue weighted by atomic mass is 10.4. The van der Waals surface area contributed by atoms with Gasteiger partial charge in [-0.1, -0.05) is 58.0 Å². The fourth-order valence-corrected chi connectivity index (χ4v) is 3.29. The van der Waals surface area contributed by atoms with Gasteiger partial charge in [0.15, 0.2) is 0 Å². The normalized spacial score (nSPS) is 15.9. The van der Waals surface area contributed by atoms with E-state index in [0.29, 0.717) is 10.5 Å². The molecule has 0 heterocycles. The lowest BCUT2D eigenvalue weighted by molar-refractivity contribution is 1.41. The highest BCUT2D eigenvalue weighted by Gasteiger charge is 2.04. The van der Waals surface area contributed by atoms with Crippen molar-refractivity contribution in [3.8, 4) is 0 Å². The maximum Gasteiger partial charge on any atom is 0.0509 e. The summed E-state index contributed by atoms with van der Waals surface area (Å²) in [6.07, 6.45) is 12.3. The highest BCUT2D eigenvalue weighted by molar-refractivity contribution is 8.77. The Kier molecular flexibility index (Phi) is 9.00. The molecule has 0 aromatic rings. The largest absolute Gasteiger partial charge is 0.102 e. The fourth-order valence-electron chi connectivity index (χ4n) is 0.808. The van der Waals surface area contributed by atoms with Gasteiger partial charge in [0.1, 0.15) is 0 Å². The van der Waals surface area contributed by atoms with Gasteiger partial charge in [0.2, 0.25) is 0 Å². The molecule has 0 amide bonds. The third kappa shape index (κ3) is 6.17. The van der Waals surface area contributed by atoms with Crippen molar-refractivity contribution >= 4 is 21.6 Å². The molecule has 2 unspecified atom stereocenters. The average molecular weight is 226 g/mol. The molecule has 2 atom stereocenters.